The summed E-state index contributed by atoms with van der Waals surface area (Å²) >= 11 is 5.94. The average Bonchev–Trinajstić information content (AvgIpc) is 2.79. The first-order valence-corrected chi connectivity index (χ1v) is 11.1. The fourth-order valence-corrected chi connectivity index (χ4v) is 3.41. The van der Waals surface area contributed by atoms with Gasteiger partial charge < -0.3 is 20.1 Å². The first kappa shape index (κ1) is 22.6. The van der Waals surface area contributed by atoms with Crippen LogP contribution >= 0.6 is 11.6 Å². The van der Waals surface area contributed by atoms with Crippen molar-refractivity contribution in [2.75, 3.05) is 26.3 Å². The maximum atomic E-state index is 5.99. The zero-order valence-corrected chi connectivity index (χ0v) is 18.5. The molecule has 1 aliphatic rings. The fraction of sp³-hybridized carbons (Fsp3) is 0.458. The molecule has 0 radical (unpaired) electrons. The molecule has 0 aromatic heterocycles. The zero-order chi connectivity index (χ0) is 21.0. The first-order valence-electron chi connectivity index (χ1n) is 10.8. The summed E-state index contributed by atoms with van der Waals surface area (Å²) in [6.45, 7) is 6.63. The van der Waals surface area contributed by atoms with Crippen LogP contribution in [0.5, 0.6) is 0 Å². The highest BCUT2D eigenvalue weighted by Crippen LogP contribution is 2.14. The van der Waals surface area contributed by atoms with Crippen LogP contribution < -0.4 is 10.6 Å². The van der Waals surface area contributed by atoms with Gasteiger partial charge in [0.1, 0.15) is 0 Å². The maximum Gasteiger partial charge on any atom is 0.191 e. The Kier molecular flexibility index (Phi) is 9.48. The molecule has 0 spiro atoms. The molecule has 0 saturated carbocycles. The largest absolute Gasteiger partial charge is 0.381 e. The van der Waals surface area contributed by atoms with Gasteiger partial charge in [0.2, 0.25) is 0 Å². The zero-order valence-electron chi connectivity index (χ0n) is 17.7. The molecular weight excluding hydrogens is 398 g/mol. The molecular formula is C24H32ClN3O2. The summed E-state index contributed by atoms with van der Waals surface area (Å²) in [5.41, 5.74) is 3.63. The van der Waals surface area contributed by atoms with E-state index in [4.69, 9.17) is 26.1 Å². The van der Waals surface area contributed by atoms with Gasteiger partial charge in [-0.05, 0) is 55.0 Å². The van der Waals surface area contributed by atoms with Gasteiger partial charge in [0.25, 0.3) is 0 Å². The number of ether oxygens (including phenoxy) is 2. The van der Waals surface area contributed by atoms with E-state index in [0.717, 1.165) is 56.5 Å². The quantitative estimate of drug-likeness (QED) is 0.460. The van der Waals surface area contributed by atoms with Gasteiger partial charge in [-0.3, -0.25) is 0 Å². The highest BCUT2D eigenvalue weighted by Gasteiger charge is 2.13. The van der Waals surface area contributed by atoms with Crippen LogP contribution in [0.2, 0.25) is 5.02 Å². The van der Waals surface area contributed by atoms with Crippen molar-refractivity contribution in [3.8, 4) is 0 Å². The molecule has 162 valence electrons. The van der Waals surface area contributed by atoms with Crippen LogP contribution in [0.1, 0.15) is 36.5 Å². The summed E-state index contributed by atoms with van der Waals surface area (Å²) in [5.74, 6) is 0.832. The van der Waals surface area contributed by atoms with Gasteiger partial charge >= 0.3 is 0 Å². The van der Waals surface area contributed by atoms with Gasteiger partial charge in [-0.25, -0.2) is 4.99 Å². The SMILES string of the molecule is CCNC(=NCc1ccc(COC2CCOCC2)cc1)NCCc1ccc(Cl)cc1. The lowest BCUT2D eigenvalue weighted by molar-refractivity contribution is -0.0390. The minimum absolute atomic E-state index is 0.324. The molecule has 0 amide bonds. The van der Waals surface area contributed by atoms with Crippen molar-refractivity contribution in [1.82, 2.24) is 10.6 Å². The third-order valence-electron chi connectivity index (χ3n) is 5.06. The number of benzene rings is 2. The lowest BCUT2D eigenvalue weighted by Gasteiger charge is -2.22. The predicted octanol–water partition coefficient (Wildman–Crippen LogP) is 4.33. The molecule has 30 heavy (non-hydrogen) atoms. The summed E-state index contributed by atoms with van der Waals surface area (Å²) in [4.78, 5) is 4.71. The molecule has 2 aromatic carbocycles. The van der Waals surface area contributed by atoms with E-state index in [2.05, 4.69) is 54.0 Å². The molecule has 0 atom stereocenters. The number of hydrogen-bond acceptors (Lipinski definition) is 3. The number of rotatable bonds is 9. The van der Waals surface area contributed by atoms with Gasteiger partial charge in [0.15, 0.2) is 5.96 Å². The van der Waals surface area contributed by atoms with E-state index in [-0.39, 0.29) is 0 Å². The smallest absolute Gasteiger partial charge is 0.191 e. The highest BCUT2D eigenvalue weighted by atomic mass is 35.5. The molecule has 6 heteroatoms. The van der Waals surface area contributed by atoms with Crippen molar-refractivity contribution in [3.63, 3.8) is 0 Å². The van der Waals surface area contributed by atoms with Crippen LogP contribution in [0.3, 0.4) is 0 Å². The van der Waals surface area contributed by atoms with Crippen LogP contribution in [0, 0.1) is 0 Å². The number of guanidine groups is 1. The van der Waals surface area contributed by atoms with E-state index in [9.17, 15) is 0 Å². The third kappa shape index (κ3) is 7.98. The summed E-state index contributed by atoms with van der Waals surface area (Å²) in [6.07, 6.45) is 3.23. The predicted molar refractivity (Wildman–Crippen MR) is 123 cm³/mol. The molecule has 3 rings (SSSR count). The molecule has 0 aliphatic carbocycles. The Bertz CT molecular complexity index is 772. The van der Waals surface area contributed by atoms with Gasteiger partial charge in [-0.2, -0.15) is 0 Å². The summed E-state index contributed by atoms with van der Waals surface area (Å²) in [6, 6.07) is 16.5. The second-order valence-electron chi connectivity index (χ2n) is 7.44. The Morgan fingerprint density at radius 2 is 1.67 bits per heavy atom. The van der Waals surface area contributed by atoms with Gasteiger partial charge in [0.05, 0.1) is 19.3 Å². The van der Waals surface area contributed by atoms with E-state index < -0.39 is 0 Å². The van der Waals surface area contributed by atoms with Crippen molar-refractivity contribution >= 4 is 17.6 Å². The molecule has 1 saturated heterocycles. The Hall–Kier alpha value is -2.08. The van der Waals surface area contributed by atoms with Crippen LogP contribution in [-0.2, 0) is 29.0 Å². The summed E-state index contributed by atoms with van der Waals surface area (Å²) in [5, 5.41) is 7.47. The molecule has 2 aromatic rings. The minimum atomic E-state index is 0.324. The first-order chi connectivity index (χ1) is 14.7. The Morgan fingerprint density at radius 1 is 1.00 bits per heavy atom. The minimum Gasteiger partial charge on any atom is -0.381 e. The van der Waals surface area contributed by atoms with Crippen LogP contribution in [0.25, 0.3) is 0 Å². The van der Waals surface area contributed by atoms with E-state index in [0.29, 0.717) is 19.3 Å². The van der Waals surface area contributed by atoms with Crippen LogP contribution in [-0.4, -0.2) is 38.4 Å². The second kappa shape index (κ2) is 12.6. The molecule has 1 aliphatic heterocycles. The normalized spacial score (nSPS) is 15.2. The maximum absolute atomic E-state index is 5.99. The molecule has 0 unspecified atom stereocenters. The fourth-order valence-electron chi connectivity index (χ4n) is 3.29. The van der Waals surface area contributed by atoms with E-state index in [1.165, 1.54) is 16.7 Å². The lowest BCUT2D eigenvalue weighted by atomic mass is 10.1. The summed E-state index contributed by atoms with van der Waals surface area (Å²) < 4.78 is 11.4. The number of halogens is 1. The van der Waals surface area contributed by atoms with Gasteiger partial charge in [-0.1, -0.05) is 48.0 Å². The number of hydrogen-bond donors (Lipinski definition) is 2. The summed E-state index contributed by atoms with van der Waals surface area (Å²) in [7, 11) is 0. The number of nitrogens with one attached hydrogen (secondary N) is 2. The molecule has 1 heterocycles. The van der Waals surface area contributed by atoms with Crippen molar-refractivity contribution in [3.05, 3.63) is 70.2 Å². The number of nitrogens with zero attached hydrogens (tertiary/aromatic N) is 1. The van der Waals surface area contributed by atoms with Crippen LogP contribution in [0.4, 0.5) is 0 Å². The number of aliphatic imine (C=N–C) groups is 1. The topological polar surface area (TPSA) is 54.9 Å². The van der Waals surface area contributed by atoms with E-state index >= 15 is 0 Å². The molecule has 0 bridgehead atoms. The molecule has 1 fully saturated rings. The van der Waals surface area contributed by atoms with Crippen molar-refractivity contribution in [2.24, 2.45) is 4.99 Å². The van der Waals surface area contributed by atoms with Gasteiger partial charge in [-0.15, -0.1) is 0 Å². The molecule has 2 N–H and O–H groups in total. The van der Waals surface area contributed by atoms with E-state index in [1.54, 1.807) is 0 Å². The van der Waals surface area contributed by atoms with Crippen molar-refractivity contribution in [1.29, 1.82) is 0 Å². The van der Waals surface area contributed by atoms with Crippen molar-refractivity contribution < 1.29 is 9.47 Å². The average molecular weight is 430 g/mol. The molecule has 5 nitrogen and oxygen atoms in total. The second-order valence-corrected chi connectivity index (χ2v) is 7.87. The van der Waals surface area contributed by atoms with Crippen LogP contribution in [0.15, 0.2) is 53.5 Å². The van der Waals surface area contributed by atoms with Crippen molar-refractivity contribution in [2.45, 2.75) is 45.4 Å². The highest BCUT2D eigenvalue weighted by molar-refractivity contribution is 6.30. The monoisotopic (exact) mass is 429 g/mol. The van der Waals surface area contributed by atoms with E-state index in [1.807, 2.05) is 12.1 Å². The Labute approximate surface area is 184 Å². The Balaban J connectivity index is 1.44. The lowest BCUT2D eigenvalue weighted by Crippen LogP contribution is -2.38. The third-order valence-corrected chi connectivity index (χ3v) is 5.31. The van der Waals surface area contributed by atoms with Gasteiger partial charge in [0, 0.05) is 31.3 Å². The Morgan fingerprint density at radius 3 is 2.37 bits per heavy atom. The standard InChI is InChI=1S/C24H32ClN3O2/c1-2-26-24(27-14-11-19-7-9-22(25)10-8-19)28-17-20-3-5-21(6-4-20)18-30-23-12-15-29-16-13-23/h3-10,23H,2,11-18H2,1H3,(H2,26,27,28).